The molecule has 0 atom stereocenters. The first-order valence-corrected chi connectivity index (χ1v) is 46.4. The molecule has 6 heteroatoms. The van der Waals surface area contributed by atoms with E-state index in [1.807, 2.05) is 22.7 Å². The highest BCUT2D eigenvalue weighted by molar-refractivity contribution is 7.26. The van der Waals surface area contributed by atoms with E-state index >= 15 is 0 Å². The van der Waals surface area contributed by atoms with E-state index < -0.39 is 0 Å². The van der Waals surface area contributed by atoms with Crippen molar-refractivity contribution in [3.63, 3.8) is 0 Å². The summed E-state index contributed by atoms with van der Waals surface area (Å²) in [5.74, 6) is 1.74. The molecule has 5 aromatic heterocycles. The van der Waals surface area contributed by atoms with Crippen molar-refractivity contribution in [2.75, 3.05) is 13.2 Å². The minimum absolute atomic E-state index is 0.0858. The standard InChI is InChI=1S/C112H134N2O2S2/c1-27-29-31-33-35-37-44-115-92-40-39-41-93(116-45-38-36-34-32-30-28-2)98(92)91-60-74-61-96-90-59-72(69-50-79(109(15,16)17)64-80(51-69)110(18,19)20)55-85-84-54-70(67-46-75(105(3,4)5)62-76(47-67)106(6,7)8)57-88(100(84)113-102(85)90)94-42-43-95(117-94)89-58-71(68-48-77(107(9,10)11)63-78(49-68)108(12,13)14)56-86-87-66-83(97(91)99(104(74)118-96)103(87)114-101(86)89)73-52-81(111(21,22)23)65-82(53-73)112(24,25)26/h39-43,46-66,113-114H,27-38,44-45H2,1-26H3. The average Bonchev–Trinajstić information content (AvgIpc) is 1.64. The molecule has 4 nitrogen and oxygen atoms in total. The Hall–Kier alpha value is -8.68. The molecule has 0 radical (unpaired) electrons. The van der Waals surface area contributed by atoms with Gasteiger partial charge >= 0.3 is 0 Å². The zero-order valence-electron chi connectivity index (χ0n) is 76.5. The smallest absolute Gasteiger partial charge is 0.130 e. The van der Waals surface area contributed by atoms with Gasteiger partial charge in [0.25, 0.3) is 0 Å². The van der Waals surface area contributed by atoms with Gasteiger partial charge in [-0.1, -0.05) is 323 Å². The summed E-state index contributed by atoms with van der Waals surface area (Å²) in [6.07, 6.45) is 14.1. The number of aromatic nitrogens is 2. The van der Waals surface area contributed by atoms with Crippen molar-refractivity contribution in [2.24, 2.45) is 0 Å². The van der Waals surface area contributed by atoms with Gasteiger partial charge in [-0.15, -0.1) is 22.7 Å². The van der Waals surface area contributed by atoms with Crippen LogP contribution in [0.5, 0.6) is 11.5 Å². The number of nitrogens with one attached hydrogen (secondary N) is 2. The molecule has 8 bridgehead atoms. The maximum Gasteiger partial charge on any atom is 0.130 e. The summed E-state index contributed by atoms with van der Waals surface area (Å²) in [5.41, 5.74) is 26.2. The van der Waals surface area contributed by atoms with E-state index in [0.29, 0.717) is 13.2 Å². The Morgan fingerprint density at radius 2 is 0.568 bits per heavy atom. The Morgan fingerprint density at radius 1 is 0.263 bits per heavy atom. The summed E-state index contributed by atoms with van der Waals surface area (Å²) in [6.45, 7) is 62.9. The Morgan fingerprint density at radius 3 is 0.924 bits per heavy atom. The molecule has 15 rings (SSSR count). The molecule has 0 unspecified atom stereocenters. The molecule has 0 amide bonds. The lowest BCUT2D eigenvalue weighted by Crippen LogP contribution is -2.16. The number of hydrogen-bond donors (Lipinski definition) is 2. The van der Waals surface area contributed by atoms with Crippen molar-refractivity contribution in [3.8, 4) is 67.1 Å². The summed E-state index contributed by atoms with van der Waals surface area (Å²) in [4.78, 5) is 8.91. The number of hydrogen-bond acceptors (Lipinski definition) is 4. The number of thiophene rings is 2. The quantitative estimate of drug-likeness (QED) is 0.0705. The number of ether oxygens (including phenoxy) is 2. The van der Waals surface area contributed by atoms with Gasteiger partial charge in [-0.05, 0) is 235 Å². The van der Waals surface area contributed by atoms with Crippen LogP contribution in [0.4, 0.5) is 0 Å². The zero-order valence-corrected chi connectivity index (χ0v) is 78.2. The second kappa shape index (κ2) is 31.4. The number of aromatic amines is 2. The molecule has 0 spiro atoms. The Balaban J connectivity index is 1.19. The Bertz CT molecular complexity index is 6190. The molecule has 118 heavy (non-hydrogen) atoms. The van der Waals surface area contributed by atoms with Gasteiger partial charge < -0.3 is 19.4 Å². The molecule has 5 heterocycles. The van der Waals surface area contributed by atoms with Gasteiger partial charge in [-0.25, -0.2) is 0 Å². The van der Waals surface area contributed by atoms with Crippen molar-refractivity contribution < 1.29 is 9.47 Å². The average molecular weight is 1600 g/mol. The van der Waals surface area contributed by atoms with Crippen molar-refractivity contribution in [1.29, 1.82) is 0 Å². The molecular weight excluding hydrogens is 1470 g/mol. The minimum Gasteiger partial charge on any atom is -0.493 e. The summed E-state index contributed by atoms with van der Waals surface area (Å²) in [5, 5.41) is 12.0. The summed E-state index contributed by atoms with van der Waals surface area (Å²) in [6, 6.07) is 64.6. The molecule has 15 aromatic rings. The summed E-state index contributed by atoms with van der Waals surface area (Å²) in [7, 11) is 0. The van der Waals surface area contributed by atoms with Gasteiger partial charge in [-0.3, -0.25) is 0 Å². The van der Waals surface area contributed by atoms with E-state index in [4.69, 9.17) is 9.47 Å². The molecule has 0 saturated carbocycles. The zero-order chi connectivity index (χ0) is 84.5. The fourth-order valence-corrected chi connectivity index (χ4v) is 20.0. The first-order chi connectivity index (χ1) is 55.4. The van der Waals surface area contributed by atoms with Crippen LogP contribution in [0.2, 0.25) is 0 Å². The van der Waals surface area contributed by atoms with Gasteiger partial charge in [0.05, 0.1) is 40.8 Å². The molecular formula is C112H134N2O2S2. The second-order valence-electron chi connectivity index (χ2n) is 43.4. The fourth-order valence-electron chi connectivity index (χ4n) is 17.7. The monoisotopic (exact) mass is 1600 g/mol. The van der Waals surface area contributed by atoms with Gasteiger partial charge in [0.15, 0.2) is 0 Å². The third-order valence-corrected chi connectivity index (χ3v) is 27.9. The van der Waals surface area contributed by atoms with Gasteiger partial charge in [0.1, 0.15) is 11.5 Å². The first kappa shape index (κ1) is 84.3. The number of H-pyrrole nitrogens is 2. The number of benzene rings is 10. The van der Waals surface area contributed by atoms with Crippen LogP contribution < -0.4 is 9.47 Å². The van der Waals surface area contributed by atoms with Crippen molar-refractivity contribution in [2.45, 2.75) is 300 Å². The van der Waals surface area contributed by atoms with E-state index in [1.54, 1.807) is 0 Å². The van der Waals surface area contributed by atoms with Crippen LogP contribution >= 0.6 is 22.7 Å². The normalized spacial score (nSPS) is 13.3. The third kappa shape index (κ3) is 16.9. The lowest BCUT2D eigenvalue weighted by atomic mass is 9.78. The molecule has 0 fully saturated rings. The number of unbranched alkanes of at least 4 members (excludes halogenated alkanes) is 10. The lowest BCUT2D eigenvalue weighted by molar-refractivity contribution is 0.292. The van der Waals surface area contributed by atoms with Crippen molar-refractivity contribution in [3.05, 3.63) is 202 Å². The maximum atomic E-state index is 7.41. The summed E-state index contributed by atoms with van der Waals surface area (Å²) >= 11 is 3.88. The molecule has 616 valence electrons. The van der Waals surface area contributed by atoms with E-state index in [1.165, 1.54) is 213 Å². The Kier molecular flexibility index (Phi) is 22.4. The van der Waals surface area contributed by atoms with Crippen LogP contribution in [-0.2, 0) is 43.3 Å². The van der Waals surface area contributed by atoms with Crippen LogP contribution in [0.15, 0.2) is 158 Å². The van der Waals surface area contributed by atoms with Crippen LogP contribution in [-0.4, -0.2) is 23.2 Å². The minimum atomic E-state index is -0.162. The SMILES string of the molecule is CCCCCCCCOc1cccc(OCCCCCCCC)c1-c1cc2cc3sc2c2c1c(-c1cc(C(C)(C)C)cc(C(C)(C)C)c1)cc1c4cc(-c5cc(C(C)(C)C)cc(C(C)(C)C)c5)cc(c5ccc(s5)c5cc(-c6cc(C(C)(C)C)cc(C(C)(C)C)c6)cc6c7cc(-c8cc(C(C)(C)C)cc(C(C)(C)C)c8)cc3c7[nH]c56)c4[nH]c12. The number of rotatable bonds is 21. The van der Waals surface area contributed by atoms with Crippen LogP contribution in [0.1, 0.15) is 302 Å². The number of fused-ring (bicyclic) bond motifs is 8. The van der Waals surface area contributed by atoms with E-state index in [9.17, 15) is 0 Å². The van der Waals surface area contributed by atoms with Crippen molar-refractivity contribution in [1.82, 2.24) is 9.97 Å². The third-order valence-electron chi connectivity index (χ3n) is 25.5. The highest BCUT2D eigenvalue weighted by Crippen LogP contribution is 2.55. The highest BCUT2D eigenvalue weighted by atomic mass is 32.1. The first-order valence-electron chi connectivity index (χ1n) is 44.7. The van der Waals surface area contributed by atoms with Gasteiger partial charge in [-0.2, -0.15) is 0 Å². The Labute approximate surface area is 714 Å². The second-order valence-corrected chi connectivity index (χ2v) is 45.5. The molecule has 0 aliphatic heterocycles. The topological polar surface area (TPSA) is 50.0 Å². The highest BCUT2D eigenvalue weighted by Gasteiger charge is 2.32. The molecule has 10 aromatic carbocycles. The predicted octanol–water partition coefficient (Wildman–Crippen LogP) is 35.0. The molecule has 0 aliphatic carbocycles. The van der Waals surface area contributed by atoms with Crippen molar-refractivity contribution >= 4 is 117 Å². The predicted molar refractivity (Wildman–Crippen MR) is 523 cm³/mol. The molecule has 0 saturated heterocycles. The van der Waals surface area contributed by atoms with E-state index in [-0.39, 0.29) is 43.3 Å². The molecule has 0 aliphatic rings. The van der Waals surface area contributed by atoms with Crippen LogP contribution in [0.25, 0.3) is 150 Å². The van der Waals surface area contributed by atoms with E-state index in [0.717, 1.165) is 70.4 Å². The largest absolute Gasteiger partial charge is 0.493 e. The maximum absolute atomic E-state index is 7.41. The van der Waals surface area contributed by atoms with E-state index in [2.05, 4.69) is 348 Å². The van der Waals surface area contributed by atoms with Gasteiger partial charge in [0, 0.05) is 67.3 Å². The fraction of sp³-hybridized carbons (Fsp3) is 0.429. The van der Waals surface area contributed by atoms with Crippen LogP contribution in [0, 0.1) is 0 Å². The van der Waals surface area contributed by atoms with Crippen LogP contribution in [0.3, 0.4) is 0 Å². The lowest BCUT2D eigenvalue weighted by Gasteiger charge is -2.27. The molecule has 2 N–H and O–H groups in total. The summed E-state index contributed by atoms with van der Waals surface area (Å²) < 4.78 is 19.7. The van der Waals surface area contributed by atoms with Gasteiger partial charge in [0.2, 0.25) is 0 Å².